The average molecular weight is 678 g/mol. The van der Waals surface area contributed by atoms with Gasteiger partial charge in [-0.3, -0.25) is 14.4 Å². The zero-order valence-electron chi connectivity index (χ0n) is 25.6. The van der Waals surface area contributed by atoms with Gasteiger partial charge in [0.25, 0.3) is 11.5 Å². The van der Waals surface area contributed by atoms with Crippen LogP contribution in [0.15, 0.2) is 35.1 Å². The molecule has 1 aromatic heterocycles. The summed E-state index contributed by atoms with van der Waals surface area (Å²) in [5, 5.41) is 12.1. The van der Waals surface area contributed by atoms with Crippen molar-refractivity contribution in [2.45, 2.75) is 58.4 Å². The maximum atomic E-state index is 13.8. The molecule has 2 heterocycles. The van der Waals surface area contributed by atoms with Crippen LogP contribution < -0.4 is 20.9 Å². The van der Waals surface area contributed by atoms with Gasteiger partial charge in [0, 0.05) is 24.0 Å². The second-order valence-corrected chi connectivity index (χ2v) is 10.7. The Bertz CT molecular complexity index is 1690. The maximum absolute atomic E-state index is 13.8. The first kappa shape index (κ1) is 36.8. The lowest BCUT2D eigenvalue weighted by Crippen LogP contribution is -2.35. The van der Waals surface area contributed by atoms with E-state index in [0.717, 1.165) is 30.0 Å². The van der Waals surface area contributed by atoms with Crippen molar-refractivity contribution in [3.05, 3.63) is 80.3 Å². The number of alkyl halides is 6. The Hall–Kier alpha value is -4.63. The van der Waals surface area contributed by atoms with Gasteiger partial charge in [0.05, 0.1) is 17.7 Å². The number of hydrogen-bond acceptors (Lipinski definition) is 5. The number of nitrogens with zero attached hydrogens (tertiary/aromatic N) is 1. The molecule has 2 aromatic carbocycles. The van der Waals surface area contributed by atoms with Crippen LogP contribution in [0.3, 0.4) is 0 Å². The number of benzene rings is 2. The summed E-state index contributed by atoms with van der Waals surface area (Å²) in [5.74, 6) is -5.15. The number of carbonyl (C=O) groups excluding carboxylic acids is 1. The largest absolute Gasteiger partial charge is 0.493 e. The van der Waals surface area contributed by atoms with E-state index in [1.165, 1.54) is 25.5 Å². The second kappa shape index (κ2) is 14.4. The molecule has 3 aromatic rings. The Labute approximate surface area is 263 Å². The number of aliphatic carboxylic acids is 1. The van der Waals surface area contributed by atoms with Gasteiger partial charge in [-0.1, -0.05) is 19.1 Å². The van der Waals surface area contributed by atoms with E-state index in [1.54, 1.807) is 17.4 Å². The van der Waals surface area contributed by atoms with Crippen molar-refractivity contribution in [1.29, 1.82) is 0 Å². The van der Waals surface area contributed by atoms with Crippen molar-refractivity contribution in [2.24, 2.45) is 7.05 Å². The van der Waals surface area contributed by atoms with E-state index >= 15 is 0 Å². The molecule has 1 aliphatic rings. The van der Waals surface area contributed by atoms with E-state index in [2.05, 4.69) is 0 Å². The van der Waals surface area contributed by atoms with Crippen molar-refractivity contribution in [2.75, 3.05) is 18.5 Å². The number of halogens is 8. The topological polar surface area (TPSA) is 110 Å². The fourth-order valence-corrected chi connectivity index (χ4v) is 4.86. The fourth-order valence-electron chi connectivity index (χ4n) is 4.86. The summed E-state index contributed by atoms with van der Waals surface area (Å²) in [4.78, 5) is 34.4. The summed E-state index contributed by atoms with van der Waals surface area (Å²) < 4.78 is 113. The van der Waals surface area contributed by atoms with Crippen LogP contribution in [0.4, 0.5) is 40.8 Å². The van der Waals surface area contributed by atoms with E-state index in [1.807, 2.05) is 12.2 Å². The van der Waals surface area contributed by atoms with Crippen LogP contribution in [0, 0.1) is 25.5 Å². The molecule has 8 nitrogen and oxygen atoms in total. The van der Waals surface area contributed by atoms with Crippen LogP contribution in [-0.2, 0) is 24.4 Å². The summed E-state index contributed by atoms with van der Waals surface area (Å²) in [6.45, 7) is 4.21. The van der Waals surface area contributed by atoms with Gasteiger partial charge in [-0.15, -0.1) is 0 Å². The van der Waals surface area contributed by atoms with Crippen LogP contribution >= 0.6 is 0 Å². The van der Waals surface area contributed by atoms with Gasteiger partial charge in [-0.2, -0.15) is 26.3 Å². The molecular formula is C31H31F8N3O5. The quantitative estimate of drug-likeness (QED) is 0.245. The third kappa shape index (κ3) is 8.60. The molecule has 0 saturated carbocycles. The first-order chi connectivity index (χ1) is 21.8. The Morgan fingerprint density at radius 3 is 2.19 bits per heavy atom. The zero-order valence-corrected chi connectivity index (χ0v) is 25.6. The van der Waals surface area contributed by atoms with Crippen molar-refractivity contribution in [3.63, 3.8) is 0 Å². The predicted octanol–water partition coefficient (Wildman–Crippen LogP) is 6.54. The Kier molecular flexibility index (Phi) is 11.3. The minimum Gasteiger partial charge on any atom is -0.493 e. The molecule has 0 saturated heterocycles. The van der Waals surface area contributed by atoms with Gasteiger partial charge < -0.3 is 25.0 Å². The van der Waals surface area contributed by atoms with E-state index in [9.17, 15) is 49.5 Å². The molecule has 0 spiro atoms. The maximum Gasteiger partial charge on any atom is 0.417 e. The van der Waals surface area contributed by atoms with Crippen LogP contribution in [0.2, 0.25) is 0 Å². The highest BCUT2D eigenvalue weighted by molar-refractivity contribution is 5.96. The molecular weight excluding hydrogens is 646 g/mol. The van der Waals surface area contributed by atoms with E-state index < -0.39 is 70.8 Å². The third-order valence-corrected chi connectivity index (χ3v) is 7.37. The molecule has 0 aliphatic carbocycles. The lowest BCUT2D eigenvalue weighted by molar-refractivity contribution is -0.143. The van der Waals surface area contributed by atoms with Crippen LogP contribution in [0.1, 0.15) is 52.5 Å². The Morgan fingerprint density at radius 2 is 1.66 bits per heavy atom. The number of rotatable bonds is 7. The fraction of sp³-hybridized carbons (Fsp3) is 0.387. The number of anilines is 1. The summed E-state index contributed by atoms with van der Waals surface area (Å²) in [5.41, 5.74) is -1.14. The minimum absolute atomic E-state index is 0.225. The number of hydrogen-bond donors (Lipinski definition) is 3. The molecule has 256 valence electrons. The SMILES string of the molecule is CCC(Nc1cc(F)c(C(=O)NCC(=O)O)c(F)c1)C(F)(F)F.Cc1ccc(-c2c(C(F)(F)F)cc(C)n(C)c2=O)c2c1CCCO2. The predicted molar refractivity (Wildman–Crippen MR) is 155 cm³/mol. The van der Waals surface area contributed by atoms with E-state index in [4.69, 9.17) is 9.84 Å². The number of aromatic nitrogens is 1. The zero-order chi connectivity index (χ0) is 35.4. The van der Waals surface area contributed by atoms with Gasteiger partial charge in [-0.05, 0) is 62.4 Å². The first-order valence-electron chi connectivity index (χ1n) is 14.1. The summed E-state index contributed by atoms with van der Waals surface area (Å²) in [6, 6.07) is 3.39. The minimum atomic E-state index is -4.61. The third-order valence-electron chi connectivity index (χ3n) is 7.37. The number of aryl methyl sites for hydroxylation is 2. The van der Waals surface area contributed by atoms with Crippen molar-refractivity contribution in [1.82, 2.24) is 9.88 Å². The van der Waals surface area contributed by atoms with Gasteiger partial charge >= 0.3 is 18.3 Å². The summed E-state index contributed by atoms with van der Waals surface area (Å²) >= 11 is 0. The number of ether oxygens (including phenoxy) is 1. The highest BCUT2D eigenvalue weighted by Gasteiger charge is 2.39. The molecule has 1 amide bonds. The molecule has 3 N–H and O–H groups in total. The summed E-state index contributed by atoms with van der Waals surface area (Å²) in [6.07, 6.45) is -8.04. The Morgan fingerprint density at radius 1 is 1.04 bits per heavy atom. The molecule has 1 atom stereocenters. The highest BCUT2D eigenvalue weighted by Crippen LogP contribution is 2.42. The lowest BCUT2D eigenvalue weighted by Gasteiger charge is -2.24. The van der Waals surface area contributed by atoms with Gasteiger partial charge in [0.15, 0.2) is 0 Å². The van der Waals surface area contributed by atoms with Crippen molar-refractivity contribution < 1.29 is 54.6 Å². The number of nitrogens with one attached hydrogen (secondary N) is 2. The number of carbonyl (C=O) groups is 2. The van der Waals surface area contributed by atoms with E-state index in [0.29, 0.717) is 24.5 Å². The van der Waals surface area contributed by atoms with Gasteiger partial charge in [0.2, 0.25) is 0 Å². The van der Waals surface area contributed by atoms with Crippen LogP contribution in [-0.4, -0.2) is 46.9 Å². The first-order valence-corrected chi connectivity index (χ1v) is 14.1. The second-order valence-electron chi connectivity index (χ2n) is 10.7. The number of fused-ring (bicyclic) bond motifs is 1. The molecule has 16 heteroatoms. The summed E-state index contributed by atoms with van der Waals surface area (Å²) in [7, 11) is 1.48. The molecule has 1 unspecified atom stereocenters. The molecule has 4 rings (SSSR count). The molecule has 1 aliphatic heterocycles. The molecule has 0 radical (unpaired) electrons. The van der Waals surface area contributed by atoms with Crippen molar-refractivity contribution >= 4 is 17.6 Å². The molecule has 47 heavy (non-hydrogen) atoms. The molecule has 0 bridgehead atoms. The van der Waals surface area contributed by atoms with Gasteiger partial charge in [-0.25, -0.2) is 8.78 Å². The van der Waals surface area contributed by atoms with Crippen LogP contribution in [0.5, 0.6) is 5.75 Å². The number of pyridine rings is 1. The smallest absolute Gasteiger partial charge is 0.417 e. The monoisotopic (exact) mass is 677 g/mol. The number of carboxylic acids is 1. The normalized spacial score (nSPS) is 13.4. The number of carboxylic acid groups (broad SMARTS) is 1. The van der Waals surface area contributed by atoms with E-state index in [-0.39, 0.29) is 23.2 Å². The lowest BCUT2D eigenvalue weighted by atomic mass is 9.92. The van der Waals surface area contributed by atoms with Crippen LogP contribution in [0.25, 0.3) is 11.1 Å². The van der Waals surface area contributed by atoms with Crippen molar-refractivity contribution in [3.8, 4) is 16.9 Å². The standard InChI is InChI=1S/C18H18F3NO2.C13H13F5N2O3/c1-10-6-7-13(16-12(10)5-4-8-24-16)15-14(18(19,20)21)9-11(2)22(3)17(15)23;1-2-9(13(16,17)18)20-6-3-7(14)11(8(15)4-6)12(23)19-5-10(21)22/h6-7,9H,4-5,8H2,1-3H3;3-4,9,20H,2,5H2,1H3,(H,19,23)(H,21,22). The molecule has 0 fully saturated rings. The Balaban J connectivity index is 0.000000256. The average Bonchev–Trinajstić information content (AvgIpc) is 2.97. The number of amides is 1. The van der Waals surface area contributed by atoms with Gasteiger partial charge in [0.1, 0.15) is 35.5 Å². The highest BCUT2D eigenvalue weighted by atomic mass is 19.4.